The Kier molecular flexibility index (Phi) is 5.00. The average molecular weight is 296 g/mol. The summed E-state index contributed by atoms with van der Waals surface area (Å²) in [6, 6.07) is 2.82. The minimum Gasteiger partial charge on any atom is -0.311 e. The van der Waals surface area contributed by atoms with Crippen LogP contribution in [-0.2, 0) is 6.54 Å². The smallest absolute Gasteiger partial charge is 0.0762 e. The van der Waals surface area contributed by atoms with E-state index in [4.69, 9.17) is 16.7 Å². The summed E-state index contributed by atoms with van der Waals surface area (Å²) >= 11 is 6.03. The molecule has 2 aliphatic rings. The van der Waals surface area contributed by atoms with Gasteiger partial charge in [-0.15, -0.1) is 11.6 Å². The minimum absolute atomic E-state index is 0.652. The second-order valence-corrected chi connectivity index (χ2v) is 6.77. The summed E-state index contributed by atoms with van der Waals surface area (Å²) in [5, 5.41) is 8.30. The van der Waals surface area contributed by atoms with Crippen LogP contribution in [0, 0.1) is 11.8 Å². The van der Waals surface area contributed by atoms with Crippen molar-refractivity contribution >= 4 is 11.6 Å². The highest BCUT2D eigenvalue weighted by Crippen LogP contribution is 2.32. The predicted octanol–water partition coefficient (Wildman–Crippen LogP) is 3.74. The maximum atomic E-state index is 6.03. The van der Waals surface area contributed by atoms with Gasteiger partial charge in [0.2, 0.25) is 0 Å². The number of nitrogens with zero attached hydrogens (tertiary/aromatic N) is 2. The van der Waals surface area contributed by atoms with Crippen molar-refractivity contribution in [2.45, 2.75) is 57.5 Å². The molecule has 3 rings (SSSR count). The van der Waals surface area contributed by atoms with Crippen LogP contribution >= 0.6 is 11.6 Å². The number of rotatable bonds is 6. The molecule has 2 unspecified atom stereocenters. The Hall–Kier alpha value is -0.540. The zero-order valence-corrected chi connectivity index (χ0v) is 13.0. The van der Waals surface area contributed by atoms with E-state index >= 15 is 0 Å². The van der Waals surface area contributed by atoms with Crippen LogP contribution in [0.1, 0.15) is 56.7 Å². The molecule has 0 amide bonds. The Bertz CT molecular complexity index is 412. The van der Waals surface area contributed by atoms with E-state index in [1.54, 1.807) is 0 Å². The number of nitrogens with one attached hydrogen (secondary N) is 1. The van der Waals surface area contributed by atoms with Crippen molar-refractivity contribution in [3.8, 4) is 0 Å². The fraction of sp³-hybridized carbons (Fsp3) is 0.812. The molecule has 0 saturated heterocycles. The summed E-state index contributed by atoms with van der Waals surface area (Å²) < 4.78 is 2.18. The van der Waals surface area contributed by atoms with Crippen molar-refractivity contribution in [1.82, 2.24) is 15.1 Å². The van der Waals surface area contributed by atoms with E-state index in [0.29, 0.717) is 6.04 Å². The summed E-state index contributed by atoms with van der Waals surface area (Å²) in [6.07, 6.45) is 11.5. The molecule has 0 spiro atoms. The molecule has 20 heavy (non-hydrogen) atoms. The van der Waals surface area contributed by atoms with E-state index in [-0.39, 0.29) is 0 Å². The van der Waals surface area contributed by atoms with Crippen molar-refractivity contribution in [3.63, 3.8) is 0 Å². The van der Waals surface area contributed by atoms with Gasteiger partial charge in [0.25, 0.3) is 0 Å². The lowest BCUT2D eigenvalue weighted by molar-refractivity contribution is 0.393. The van der Waals surface area contributed by atoms with Crippen LogP contribution in [0.5, 0.6) is 0 Å². The number of alkyl halides is 1. The first kappa shape index (κ1) is 14.4. The summed E-state index contributed by atoms with van der Waals surface area (Å²) in [5.74, 6) is 2.31. The SMILES string of the molecule is ClCC1CCCC1CNCc1ccn(C2CCCC2)n1. The van der Waals surface area contributed by atoms with Gasteiger partial charge in [-0.05, 0) is 50.1 Å². The Morgan fingerprint density at radius 3 is 2.75 bits per heavy atom. The molecule has 1 heterocycles. The lowest BCUT2D eigenvalue weighted by Crippen LogP contribution is -2.25. The molecule has 0 radical (unpaired) electrons. The predicted molar refractivity (Wildman–Crippen MR) is 83.0 cm³/mol. The van der Waals surface area contributed by atoms with E-state index in [9.17, 15) is 0 Å². The van der Waals surface area contributed by atoms with Gasteiger partial charge in [-0.1, -0.05) is 19.3 Å². The summed E-state index contributed by atoms with van der Waals surface area (Å²) in [4.78, 5) is 0. The first-order chi connectivity index (χ1) is 9.86. The van der Waals surface area contributed by atoms with Gasteiger partial charge in [-0.2, -0.15) is 5.10 Å². The highest BCUT2D eigenvalue weighted by atomic mass is 35.5. The van der Waals surface area contributed by atoms with Gasteiger partial charge >= 0.3 is 0 Å². The van der Waals surface area contributed by atoms with Crippen molar-refractivity contribution in [2.24, 2.45) is 11.8 Å². The van der Waals surface area contributed by atoms with Gasteiger partial charge in [0.15, 0.2) is 0 Å². The number of aromatic nitrogens is 2. The van der Waals surface area contributed by atoms with Gasteiger partial charge < -0.3 is 5.32 Å². The molecule has 2 fully saturated rings. The van der Waals surface area contributed by atoms with Crippen LogP contribution in [0.25, 0.3) is 0 Å². The van der Waals surface area contributed by atoms with E-state index in [1.165, 1.54) is 50.6 Å². The Labute approximate surface area is 127 Å². The van der Waals surface area contributed by atoms with Crippen molar-refractivity contribution in [2.75, 3.05) is 12.4 Å². The molecule has 0 aromatic carbocycles. The molecule has 0 bridgehead atoms. The fourth-order valence-electron chi connectivity index (χ4n) is 3.81. The molecule has 1 aromatic heterocycles. The van der Waals surface area contributed by atoms with Crippen LogP contribution in [0.3, 0.4) is 0 Å². The molecular formula is C16H26ClN3. The zero-order valence-electron chi connectivity index (χ0n) is 12.2. The topological polar surface area (TPSA) is 29.9 Å². The van der Waals surface area contributed by atoms with Gasteiger partial charge in [0.05, 0.1) is 11.7 Å². The van der Waals surface area contributed by atoms with Crippen molar-refractivity contribution in [1.29, 1.82) is 0 Å². The second-order valence-electron chi connectivity index (χ2n) is 6.46. The van der Waals surface area contributed by atoms with Gasteiger partial charge in [-0.3, -0.25) is 4.68 Å². The molecular weight excluding hydrogens is 270 g/mol. The third-order valence-corrected chi connectivity index (χ3v) is 5.49. The maximum absolute atomic E-state index is 6.03. The summed E-state index contributed by atoms with van der Waals surface area (Å²) in [6.45, 7) is 1.99. The Balaban J connectivity index is 1.44. The van der Waals surface area contributed by atoms with E-state index < -0.39 is 0 Å². The average Bonchev–Trinajstić information content (AvgIpc) is 3.20. The van der Waals surface area contributed by atoms with Crippen LogP contribution in [0.2, 0.25) is 0 Å². The monoisotopic (exact) mass is 295 g/mol. The second kappa shape index (κ2) is 6.95. The van der Waals surface area contributed by atoms with Crippen LogP contribution in [0.15, 0.2) is 12.3 Å². The molecule has 2 aliphatic carbocycles. The molecule has 1 aromatic rings. The van der Waals surface area contributed by atoms with E-state index in [2.05, 4.69) is 22.3 Å². The van der Waals surface area contributed by atoms with Crippen molar-refractivity contribution in [3.05, 3.63) is 18.0 Å². The molecule has 112 valence electrons. The van der Waals surface area contributed by atoms with Gasteiger partial charge in [0.1, 0.15) is 0 Å². The van der Waals surface area contributed by atoms with E-state index in [0.717, 1.165) is 30.8 Å². The number of halogens is 1. The van der Waals surface area contributed by atoms with Crippen molar-refractivity contribution < 1.29 is 0 Å². The first-order valence-electron chi connectivity index (χ1n) is 8.17. The standard InChI is InChI=1S/C16H26ClN3/c17-10-13-4-3-5-14(13)11-18-12-15-8-9-20(19-15)16-6-1-2-7-16/h8-9,13-14,16,18H,1-7,10-12H2. The van der Waals surface area contributed by atoms with Crippen LogP contribution in [-0.4, -0.2) is 22.2 Å². The molecule has 4 heteroatoms. The zero-order chi connectivity index (χ0) is 13.8. The molecule has 3 nitrogen and oxygen atoms in total. The largest absolute Gasteiger partial charge is 0.311 e. The highest BCUT2D eigenvalue weighted by molar-refractivity contribution is 6.18. The molecule has 2 saturated carbocycles. The number of hydrogen-bond donors (Lipinski definition) is 1. The first-order valence-corrected chi connectivity index (χ1v) is 8.71. The number of hydrogen-bond acceptors (Lipinski definition) is 2. The normalized spacial score (nSPS) is 27.4. The Morgan fingerprint density at radius 1 is 1.15 bits per heavy atom. The lowest BCUT2D eigenvalue weighted by Gasteiger charge is -2.17. The van der Waals surface area contributed by atoms with Crippen LogP contribution < -0.4 is 5.32 Å². The summed E-state index contributed by atoms with van der Waals surface area (Å²) in [5.41, 5.74) is 1.18. The maximum Gasteiger partial charge on any atom is 0.0762 e. The third-order valence-electron chi connectivity index (χ3n) is 5.09. The molecule has 1 N–H and O–H groups in total. The summed E-state index contributed by atoms with van der Waals surface area (Å²) in [7, 11) is 0. The lowest BCUT2D eigenvalue weighted by atomic mass is 9.98. The van der Waals surface area contributed by atoms with Gasteiger partial charge in [0, 0.05) is 18.6 Å². The fourth-order valence-corrected chi connectivity index (χ4v) is 4.22. The van der Waals surface area contributed by atoms with Gasteiger partial charge in [-0.25, -0.2) is 0 Å². The van der Waals surface area contributed by atoms with E-state index in [1.807, 2.05) is 0 Å². The minimum atomic E-state index is 0.652. The third kappa shape index (κ3) is 3.37. The van der Waals surface area contributed by atoms with Crippen LogP contribution in [0.4, 0.5) is 0 Å². The quantitative estimate of drug-likeness (QED) is 0.810. The molecule has 0 aliphatic heterocycles. The highest BCUT2D eigenvalue weighted by Gasteiger charge is 2.25. The molecule has 2 atom stereocenters. The Morgan fingerprint density at radius 2 is 1.95 bits per heavy atom.